The fourth-order valence-corrected chi connectivity index (χ4v) is 4.25. The average Bonchev–Trinajstić information content (AvgIpc) is 3.28. The highest BCUT2D eigenvalue weighted by Crippen LogP contribution is 2.27. The Kier molecular flexibility index (Phi) is 5.10. The normalized spacial score (nSPS) is 12.3. The number of pyridine rings is 2. The van der Waals surface area contributed by atoms with Gasteiger partial charge in [-0.3, -0.25) is 9.78 Å². The minimum Gasteiger partial charge on any atom is -0.333 e. The summed E-state index contributed by atoms with van der Waals surface area (Å²) >= 11 is 1.65. The molecule has 0 bridgehead atoms. The number of carbonyl (C=O) groups is 1. The molecule has 148 valence electrons. The molecule has 0 radical (unpaired) electrons. The van der Waals surface area contributed by atoms with Crippen molar-refractivity contribution in [2.75, 3.05) is 7.05 Å². The van der Waals surface area contributed by atoms with Crippen LogP contribution in [0.15, 0.2) is 43.0 Å². The molecular weight excluding hydrogens is 384 g/mol. The first-order chi connectivity index (χ1) is 13.9. The molecule has 0 spiro atoms. The van der Waals surface area contributed by atoms with E-state index in [4.69, 9.17) is 0 Å². The van der Waals surface area contributed by atoms with Crippen LogP contribution in [0.5, 0.6) is 0 Å². The molecule has 0 saturated heterocycles. The Balaban J connectivity index is 1.57. The largest absolute Gasteiger partial charge is 0.333 e. The lowest BCUT2D eigenvalue weighted by Crippen LogP contribution is -2.30. The number of thiazole rings is 1. The van der Waals surface area contributed by atoms with Crippen LogP contribution >= 0.6 is 11.3 Å². The summed E-state index contributed by atoms with van der Waals surface area (Å²) in [7, 11) is 1.80. The maximum absolute atomic E-state index is 13.0. The van der Waals surface area contributed by atoms with Gasteiger partial charge in [0.25, 0.3) is 5.91 Å². The fourth-order valence-electron chi connectivity index (χ4n) is 3.34. The van der Waals surface area contributed by atoms with Crippen LogP contribution < -0.4 is 0 Å². The van der Waals surface area contributed by atoms with E-state index in [0.29, 0.717) is 17.6 Å². The van der Waals surface area contributed by atoms with Crippen molar-refractivity contribution in [3.63, 3.8) is 0 Å². The maximum atomic E-state index is 13.0. The van der Waals surface area contributed by atoms with Gasteiger partial charge in [-0.2, -0.15) is 0 Å². The minimum atomic E-state index is -0.121. The van der Waals surface area contributed by atoms with Gasteiger partial charge in [0.1, 0.15) is 5.52 Å². The second-order valence-corrected chi connectivity index (χ2v) is 8.43. The highest BCUT2D eigenvalue weighted by Gasteiger charge is 2.23. The van der Waals surface area contributed by atoms with E-state index in [1.807, 2.05) is 43.5 Å². The summed E-state index contributed by atoms with van der Waals surface area (Å²) in [6, 6.07) is 7.47. The molecule has 4 rings (SSSR count). The number of fused-ring (bicyclic) bond motifs is 1. The average molecular weight is 407 g/mol. The van der Waals surface area contributed by atoms with Crippen molar-refractivity contribution >= 4 is 28.4 Å². The quantitative estimate of drug-likeness (QED) is 0.504. The number of aromatic nitrogens is 5. The molecule has 1 unspecified atom stereocenters. The molecule has 1 atom stereocenters. The summed E-state index contributed by atoms with van der Waals surface area (Å²) in [6.45, 7) is 6.59. The van der Waals surface area contributed by atoms with Crippen molar-refractivity contribution in [2.45, 2.75) is 33.4 Å². The number of imidazole rings is 1. The molecule has 29 heavy (non-hydrogen) atoms. The van der Waals surface area contributed by atoms with E-state index < -0.39 is 0 Å². The maximum Gasteiger partial charge on any atom is 0.255 e. The molecule has 4 aromatic heterocycles. The van der Waals surface area contributed by atoms with Crippen molar-refractivity contribution in [3.05, 3.63) is 69.8 Å². The smallest absolute Gasteiger partial charge is 0.255 e. The predicted molar refractivity (Wildman–Crippen MR) is 113 cm³/mol. The van der Waals surface area contributed by atoms with Crippen molar-refractivity contribution < 1.29 is 4.79 Å². The molecule has 0 N–H and O–H groups in total. The second-order valence-electron chi connectivity index (χ2n) is 7.03. The van der Waals surface area contributed by atoms with E-state index in [0.717, 1.165) is 26.9 Å². The molecule has 0 aliphatic carbocycles. The summed E-state index contributed by atoms with van der Waals surface area (Å²) in [4.78, 5) is 33.7. The molecule has 0 aliphatic heterocycles. The first-order valence-corrected chi connectivity index (χ1v) is 10.2. The van der Waals surface area contributed by atoms with E-state index in [2.05, 4.69) is 19.9 Å². The monoisotopic (exact) mass is 406 g/mol. The predicted octanol–water partition coefficient (Wildman–Crippen LogP) is 3.78. The molecule has 4 aromatic rings. The fraction of sp³-hybridized carbons (Fsp3) is 0.286. The van der Waals surface area contributed by atoms with E-state index in [1.165, 1.54) is 0 Å². The lowest BCUT2D eigenvalue weighted by molar-refractivity contribution is 0.0739. The number of carbonyl (C=O) groups excluding carboxylic acids is 1. The second kappa shape index (κ2) is 7.71. The van der Waals surface area contributed by atoms with Crippen molar-refractivity contribution in [3.8, 4) is 0 Å². The number of hydrogen-bond donors (Lipinski definition) is 0. The third-order valence-electron chi connectivity index (χ3n) is 5.00. The van der Waals surface area contributed by atoms with Crippen LogP contribution in [0, 0.1) is 13.8 Å². The van der Waals surface area contributed by atoms with E-state index in [1.54, 1.807) is 48.1 Å². The Labute approximate surface area is 173 Å². The van der Waals surface area contributed by atoms with Crippen LogP contribution in [-0.4, -0.2) is 42.4 Å². The third kappa shape index (κ3) is 3.75. The zero-order valence-corrected chi connectivity index (χ0v) is 17.6. The van der Waals surface area contributed by atoms with Crippen LogP contribution in [0.1, 0.15) is 44.6 Å². The number of nitrogens with zero attached hydrogens (tertiary/aromatic N) is 6. The standard InChI is InChI=1S/C21H22N6OS/c1-13(19-14(2)29-15(3)25-19)26(4)21(28)16-9-18-20(23-10-16)27(12-24-18)11-17-7-5-6-8-22-17/h5-10,12-13H,11H2,1-4H3. The minimum absolute atomic E-state index is 0.101. The SMILES string of the molecule is Cc1nc(C(C)N(C)C(=O)c2cnc3c(c2)ncn3Cc2ccccn2)c(C)s1. The number of amides is 1. The molecule has 0 saturated carbocycles. The van der Waals surface area contributed by atoms with Gasteiger partial charge in [0, 0.05) is 24.3 Å². The summed E-state index contributed by atoms with van der Waals surface area (Å²) in [5, 5.41) is 1.01. The van der Waals surface area contributed by atoms with Gasteiger partial charge in [-0.15, -0.1) is 11.3 Å². The highest BCUT2D eigenvalue weighted by molar-refractivity contribution is 7.11. The topological polar surface area (TPSA) is 76.8 Å². The summed E-state index contributed by atoms with van der Waals surface area (Å²) < 4.78 is 1.93. The van der Waals surface area contributed by atoms with Crippen molar-refractivity contribution in [1.29, 1.82) is 0 Å². The Morgan fingerprint density at radius 2 is 2.07 bits per heavy atom. The Morgan fingerprint density at radius 3 is 2.76 bits per heavy atom. The molecule has 7 nitrogen and oxygen atoms in total. The van der Waals surface area contributed by atoms with Gasteiger partial charge in [0.2, 0.25) is 0 Å². The molecule has 0 aliphatic rings. The van der Waals surface area contributed by atoms with Crippen molar-refractivity contribution in [2.24, 2.45) is 0 Å². The van der Waals surface area contributed by atoms with Gasteiger partial charge < -0.3 is 9.47 Å². The van der Waals surface area contributed by atoms with Crippen LogP contribution in [0.2, 0.25) is 0 Å². The third-order valence-corrected chi connectivity index (χ3v) is 5.90. The van der Waals surface area contributed by atoms with Crippen molar-refractivity contribution in [1.82, 2.24) is 29.4 Å². The van der Waals surface area contributed by atoms with Gasteiger partial charge in [0.15, 0.2) is 5.65 Å². The number of hydrogen-bond acceptors (Lipinski definition) is 6. The van der Waals surface area contributed by atoms with Crippen LogP contribution in [-0.2, 0) is 6.54 Å². The first kappa shape index (κ1) is 19.2. The number of rotatable bonds is 5. The van der Waals surface area contributed by atoms with Gasteiger partial charge in [-0.1, -0.05) is 6.07 Å². The summed E-state index contributed by atoms with van der Waals surface area (Å²) in [6.07, 6.45) is 5.11. The van der Waals surface area contributed by atoms with Gasteiger partial charge in [0.05, 0.1) is 40.9 Å². The van der Waals surface area contributed by atoms with Crippen LogP contribution in [0.4, 0.5) is 0 Å². The van der Waals surface area contributed by atoms with Gasteiger partial charge in [-0.25, -0.2) is 15.0 Å². The molecule has 4 heterocycles. The number of aryl methyl sites for hydroxylation is 2. The zero-order valence-electron chi connectivity index (χ0n) is 16.8. The lowest BCUT2D eigenvalue weighted by atomic mass is 10.1. The van der Waals surface area contributed by atoms with E-state index in [9.17, 15) is 4.79 Å². The molecule has 1 amide bonds. The van der Waals surface area contributed by atoms with Gasteiger partial charge >= 0.3 is 0 Å². The first-order valence-electron chi connectivity index (χ1n) is 9.36. The highest BCUT2D eigenvalue weighted by atomic mass is 32.1. The Hall–Kier alpha value is -3.13. The Bertz CT molecular complexity index is 1170. The molecule has 0 fully saturated rings. The summed E-state index contributed by atoms with van der Waals surface area (Å²) in [5.74, 6) is -0.101. The van der Waals surface area contributed by atoms with Gasteiger partial charge in [-0.05, 0) is 39.0 Å². The van der Waals surface area contributed by atoms with E-state index in [-0.39, 0.29) is 11.9 Å². The van der Waals surface area contributed by atoms with Crippen LogP contribution in [0.3, 0.4) is 0 Å². The summed E-state index contributed by atoms with van der Waals surface area (Å²) in [5.41, 5.74) is 3.80. The van der Waals surface area contributed by atoms with Crippen LogP contribution in [0.25, 0.3) is 11.2 Å². The lowest BCUT2D eigenvalue weighted by Gasteiger charge is -2.24. The molecular formula is C21H22N6OS. The molecule has 8 heteroatoms. The Morgan fingerprint density at radius 1 is 1.24 bits per heavy atom. The van der Waals surface area contributed by atoms with E-state index >= 15 is 0 Å². The zero-order chi connectivity index (χ0) is 20.5. The molecule has 0 aromatic carbocycles.